The van der Waals surface area contributed by atoms with E-state index in [9.17, 15) is 4.79 Å². The van der Waals surface area contributed by atoms with Crippen molar-refractivity contribution in [3.05, 3.63) is 40.3 Å². The molecule has 3 aromatic rings. The Morgan fingerprint density at radius 2 is 1.96 bits per heavy atom. The van der Waals surface area contributed by atoms with Crippen molar-refractivity contribution in [1.29, 1.82) is 0 Å². The highest BCUT2D eigenvalue weighted by atomic mass is 35.5. The van der Waals surface area contributed by atoms with E-state index < -0.39 is 0 Å². The molecule has 0 saturated heterocycles. The molecule has 6 nitrogen and oxygen atoms in total. The molecule has 0 aliphatic rings. The molecule has 0 aliphatic carbocycles. The number of nitrogens with one attached hydrogen (secondary N) is 1. The Hall–Kier alpha value is -2.18. The predicted octanol–water partition coefficient (Wildman–Crippen LogP) is 2.85. The van der Waals surface area contributed by atoms with Crippen LogP contribution in [0.1, 0.15) is 5.82 Å². The number of amides is 1. The Bertz CT molecular complexity index is 906. The van der Waals surface area contributed by atoms with E-state index in [1.807, 2.05) is 18.2 Å². The maximum absolute atomic E-state index is 11.9. The molecule has 0 spiro atoms. The molecule has 0 fully saturated rings. The van der Waals surface area contributed by atoms with Gasteiger partial charge in [0.05, 0.1) is 5.02 Å². The minimum Gasteiger partial charge on any atom is -0.358 e. The molecule has 0 unspecified atom stereocenters. The standard InChI is InChI=1S/C15H13Cl2N5O/c1-8-19-13(17)12-15(20-8)22(7-11(23)18-2)14(21-12)9-5-3-4-6-10(9)16/h3-6H,7H2,1-2H3,(H,18,23). The first-order chi connectivity index (χ1) is 11.0. The van der Waals surface area contributed by atoms with Crippen molar-refractivity contribution in [3.8, 4) is 11.4 Å². The zero-order valence-electron chi connectivity index (χ0n) is 12.5. The van der Waals surface area contributed by atoms with Crippen molar-refractivity contribution < 1.29 is 4.79 Å². The number of fused-ring (bicyclic) bond motifs is 1. The van der Waals surface area contributed by atoms with E-state index in [4.69, 9.17) is 23.2 Å². The van der Waals surface area contributed by atoms with Gasteiger partial charge in [-0.15, -0.1) is 0 Å². The van der Waals surface area contributed by atoms with Gasteiger partial charge in [-0.25, -0.2) is 15.0 Å². The lowest BCUT2D eigenvalue weighted by Gasteiger charge is -2.09. The van der Waals surface area contributed by atoms with Crippen molar-refractivity contribution in [2.75, 3.05) is 7.05 Å². The third kappa shape index (κ3) is 2.87. The molecule has 1 aromatic carbocycles. The van der Waals surface area contributed by atoms with Gasteiger partial charge in [-0.3, -0.25) is 9.36 Å². The Morgan fingerprint density at radius 1 is 1.22 bits per heavy atom. The molecule has 1 amide bonds. The zero-order valence-corrected chi connectivity index (χ0v) is 14.0. The number of halogens is 2. The lowest BCUT2D eigenvalue weighted by atomic mass is 10.2. The summed E-state index contributed by atoms with van der Waals surface area (Å²) < 4.78 is 1.69. The molecule has 2 aromatic heterocycles. The van der Waals surface area contributed by atoms with E-state index in [1.165, 1.54) is 0 Å². The van der Waals surface area contributed by atoms with E-state index in [2.05, 4.69) is 20.3 Å². The molecule has 0 saturated carbocycles. The average molecular weight is 350 g/mol. The maximum Gasteiger partial charge on any atom is 0.239 e. The molecule has 118 valence electrons. The summed E-state index contributed by atoms with van der Waals surface area (Å²) in [6, 6.07) is 7.27. The van der Waals surface area contributed by atoms with Gasteiger partial charge in [-0.05, 0) is 19.1 Å². The minimum absolute atomic E-state index is 0.0559. The fraction of sp³-hybridized carbons (Fsp3) is 0.200. The fourth-order valence-electron chi connectivity index (χ4n) is 2.29. The molecule has 3 rings (SSSR count). The van der Waals surface area contributed by atoms with Crippen LogP contribution < -0.4 is 5.32 Å². The van der Waals surface area contributed by atoms with Crippen molar-refractivity contribution in [3.63, 3.8) is 0 Å². The van der Waals surface area contributed by atoms with E-state index in [-0.39, 0.29) is 17.6 Å². The molecule has 0 radical (unpaired) electrons. The number of likely N-dealkylation sites (N-methyl/N-ethyl adjacent to an activating group) is 1. The topological polar surface area (TPSA) is 72.7 Å². The van der Waals surface area contributed by atoms with Gasteiger partial charge >= 0.3 is 0 Å². The summed E-state index contributed by atoms with van der Waals surface area (Å²) in [6.07, 6.45) is 0. The first kappa shape index (κ1) is 15.7. The summed E-state index contributed by atoms with van der Waals surface area (Å²) in [6.45, 7) is 1.79. The highest BCUT2D eigenvalue weighted by molar-refractivity contribution is 6.34. The summed E-state index contributed by atoms with van der Waals surface area (Å²) in [5.74, 6) is 0.854. The van der Waals surface area contributed by atoms with Crippen LogP contribution in [-0.2, 0) is 11.3 Å². The SMILES string of the molecule is CNC(=O)Cn1c(-c2ccccc2Cl)nc2c(Cl)nc(C)nc21. The molecule has 2 heterocycles. The number of aromatic nitrogens is 4. The van der Waals surface area contributed by atoms with E-state index in [0.29, 0.717) is 33.4 Å². The highest BCUT2D eigenvalue weighted by Gasteiger charge is 2.20. The summed E-state index contributed by atoms with van der Waals surface area (Å²) in [7, 11) is 1.57. The van der Waals surface area contributed by atoms with Gasteiger partial charge in [0.1, 0.15) is 23.7 Å². The number of hydrogen-bond donors (Lipinski definition) is 1. The number of rotatable bonds is 3. The van der Waals surface area contributed by atoms with Crippen molar-refractivity contribution in [2.45, 2.75) is 13.5 Å². The third-order valence-electron chi connectivity index (χ3n) is 3.36. The molecule has 0 atom stereocenters. The van der Waals surface area contributed by atoms with Crippen LogP contribution in [0.15, 0.2) is 24.3 Å². The number of aryl methyl sites for hydroxylation is 1. The predicted molar refractivity (Wildman–Crippen MR) is 89.6 cm³/mol. The Balaban J connectivity index is 2.32. The second-order valence-electron chi connectivity index (χ2n) is 4.91. The molecule has 8 heteroatoms. The van der Waals surface area contributed by atoms with E-state index in [0.717, 1.165) is 0 Å². The van der Waals surface area contributed by atoms with Gasteiger partial charge in [-0.1, -0.05) is 35.3 Å². The normalized spacial score (nSPS) is 11.0. The second kappa shape index (κ2) is 6.14. The van der Waals surface area contributed by atoms with Gasteiger partial charge in [0, 0.05) is 12.6 Å². The van der Waals surface area contributed by atoms with Gasteiger partial charge in [0.15, 0.2) is 10.8 Å². The van der Waals surface area contributed by atoms with Crippen molar-refractivity contribution in [2.24, 2.45) is 0 Å². The summed E-state index contributed by atoms with van der Waals surface area (Å²) in [4.78, 5) is 24.9. The van der Waals surface area contributed by atoms with Gasteiger partial charge in [-0.2, -0.15) is 0 Å². The summed E-state index contributed by atoms with van der Waals surface area (Å²) in [5.41, 5.74) is 1.64. The van der Waals surface area contributed by atoms with E-state index in [1.54, 1.807) is 24.6 Å². The molecule has 23 heavy (non-hydrogen) atoms. The van der Waals surface area contributed by atoms with Crippen molar-refractivity contribution >= 4 is 40.3 Å². The van der Waals surface area contributed by atoms with Crippen LogP contribution >= 0.6 is 23.2 Å². The van der Waals surface area contributed by atoms with E-state index >= 15 is 0 Å². The lowest BCUT2D eigenvalue weighted by molar-refractivity contribution is -0.121. The van der Waals surface area contributed by atoms with Crippen LogP contribution in [-0.4, -0.2) is 32.5 Å². The van der Waals surface area contributed by atoms with Gasteiger partial charge in [0.25, 0.3) is 0 Å². The van der Waals surface area contributed by atoms with Crippen LogP contribution in [0, 0.1) is 6.92 Å². The first-order valence-corrected chi connectivity index (χ1v) is 7.62. The molecule has 1 N–H and O–H groups in total. The summed E-state index contributed by atoms with van der Waals surface area (Å²) in [5, 5.41) is 3.37. The third-order valence-corrected chi connectivity index (χ3v) is 3.95. The first-order valence-electron chi connectivity index (χ1n) is 6.87. The van der Waals surface area contributed by atoms with Crippen LogP contribution in [0.5, 0.6) is 0 Å². The van der Waals surface area contributed by atoms with Gasteiger partial charge in [0.2, 0.25) is 5.91 Å². The Kier molecular flexibility index (Phi) is 4.19. The monoisotopic (exact) mass is 349 g/mol. The smallest absolute Gasteiger partial charge is 0.239 e. The average Bonchev–Trinajstić information content (AvgIpc) is 2.86. The minimum atomic E-state index is -0.176. The second-order valence-corrected chi connectivity index (χ2v) is 5.67. The Labute approximate surface area is 142 Å². The zero-order chi connectivity index (χ0) is 16.6. The van der Waals surface area contributed by atoms with Crippen LogP contribution in [0.4, 0.5) is 0 Å². The number of carbonyl (C=O) groups is 1. The highest BCUT2D eigenvalue weighted by Crippen LogP contribution is 2.31. The fourth-order valence-corrected chi connectivity index (χ4v) is 2.76. The number of benzene rings is 1. The lowest BCUT2D eigenvalue weighted by Crippen LogP contribution is -2.24. The molecule has 0 bridgehead atoms. The number of carbonyl (C=O) groups excluding carboxylic acids is 1. The molecular formula is C15H13Cl2N5O. The van der Waals surface area contributed by atoms with Crippen LogP contribution in [0.25, 0.3) is 22.6 Å². The van der Waals surface area contributed by atoms with Crippen molar-refractivity contribution in [1.82, 2.24) is 24.8 Å². The quantitative estimate of drug-likeness (QED) is 0.738. The number of nitrogens with zero attached hydrogens (tertiary/aromatic N) is 4. The molecule has 0 aliphatic heterocycles. The van der Waals surface area contributed by atoms with Crippen LogP contribution in [0.2, 0.25) is 10.2 Å². The molecular weight excluding hydrogens is 337 g/mol. The van der Waals surface area contributed by atoms with Crippen LogP contribution in [0.3, 0.4) is 0 Å². The summed E-state index contributed by atoms with van der Waals surface area (Å²) >= 11 is 12.5. The maximum atomic E-state index is 11.9. The van der Waals surface area contributed by atoms with Gasteiger partial charge < -0.3 is 5.32 Å². The number of imidazole rings is 1. The largest absolute Gasteiger partial charge is 0.358 e. The Morgan fingerprint density at radius 3 is 2.65 bits per heavy atom. The number of hydrogen-bond acceptors (Lipinski definition) is 4.